The van der Waals surface area contributed by atoms with Gasteiger partial charge in [-0.3, -0.25) is 4.79 Å². The quantitative estimate of drug-likeness (QED) is 0.528. The maximum atomic E-state index is 12.4. The SMILES string of the molecule is COc1ccc(OC)c2c1sc(=NC(=O)CCCS(=O)(=O)c1ccc(Cl)cc1)n2C. The molecular formula is C20H21ClN2O5S2. The van der Waals surface area contributed by atoms with Gasteiger partial charge in [-0.25, -0.2) is 8.42 Å². The summed E-state index contributed by atoms with van der Waals surface area (Å²) < 4.78 is 38.1. The number of sulfone groups is 1. The minimum atomic E-state index is -3.48. The number of amides is 1. The summed E-state index contributed by atoms with van der Waals surface area (Å²) in [6, 6.07) is 9.56. The van der Waals surface area contributed by atoms with Gasteiger partial charge in [-0.1, -0.05) is 22.9 Å². The highest BCUT2D eigenvalue weighted by atomic mass is 35.5. The summed E-state index contributed by atoms with van der Waals surface area (Å²) in [6.07, 6.45) is 0.198. The molecule has 0 fully saturated rings. The van der Waals surface area contributed by atoms with Gasteiger partial charge in [0, 0.05) is 18.5 Å². The van der Waals surface area contributed by atoms with E-state index in [0.29, 0.717) is 21.3 Å². The smallest absolute Gasteiger partial charge is 0.248 e. The zero-order valence-corrected chi connectivity index (χ0v) is 19.1. The van der Waals surface area contributed by atoms with Gasteiger partial charge in [-0.05, 0) is 42.8 Å². The van der Waals surface area contributed by atoms with Crippen LogP contribution in [0.3, 0.4) is 0 Å². The number of nitrogens with zero attached hydrogens (tertiary/aromatic N) is 2. The van der Waals surface area contributed by atoms with E-state index in [1.54, 1.807) is 38.0 Å². The van der Waals surface area contributed by atoms with E-state index in [-0.39, 0.29) is 29.4 Å². The van der Waals surface area contributed by atoms with Gasteiger partial charge >= 0.3 is 0 Å². The lowest BCUT2D eigenvalue weighted by Gasteiger charge is -2.06. The van der Waals surface area contributed by atoms with E-state index >= 15 is 0 Å². The second-order valence-electron chi connectivity index (χ2n) is 6.47. The van der Waals surface area contributed by atoms with Crippen molar-refractivity contribution >= 4 is 48.9 Å². The Bertz CT molecular complexity index is 1240. The van der Waals surface area contributed by atoms with Crippen molar-refractivity contribution in [2.45, 2.75) is 17.7 Å². The van der Waals surface area contributed by atoms with E-state index in [1.165, 1.54) is 35.6 Å². The average Bonchev–Trinajstić information content (AvgIpc) is 3.04. The van der Waals surface area contributed by atoms with Crippen LogP contribution >= 0.6 is 22.9 Å². The number of benzene rings is 2. The van der Waals surface area contributed by atoms with Crippen LogP contribution in [0.15, 0.2) is 46.3 Å². The number of carbonyl (C=O) groups excluding carboxylic acids is 1. The predicted octanol–water partition coefficient (Wildman–Crippen LogP) is 3.59. The Morgan fingerprint density at radius 3 is 2.37 bits per heavy atom. The molecule has 0 aliphatic rings. The number of hydrogen-bond acceptors (Lipinski definition) is 6. The Morgan fingerprint density at radius 1 is 1.10 bits per heavy atom. The van der Waals surface area contributed by atoms with Crippen molar-refractivity contribution < 1.29 is 22.7 Å². The summed E-state index contributed by atoms with van der Waals surface area (Å²) in [5, 5.41) is 0.465. The summed E-state index contributed by atoms with van der Waals surface area (Å²) >= 11 is 7.11. The molecule has 3 aromatic rings. The molecule has 160 valence electrons. The lowest BCUT2D eigenvalue weighted by atomic mass is 10.3. The van der Waals surface area contributed by atoms with E-state index in [2.05, 4.69) is 4.99 Å². The number of ether oxygens (including phenoxy) is 2. The van der Waals surface area contributed by atoms with Crippen LogP contribution < -0.4 is 14.3 Å². The van der Waals surface area contributed by atoms with Crippen molar-refractivity contribution in [1.82, 2.24) is 4.57 Å². The van der Waals surface area contributed by atoms with Gasteiger partial charge in [0.25, 0.3) is 0 Å². The van der Waals surface area contributed by atoms with Gasteiger partial charge in [-0.15, -0.1) is 0 Å². The largest absolute Gasteiger partial charge is 0.495 e. The van der Waals surface area contributed by atoms with Crippen LogP contribution in [0.4, 0.5) is 0 Å². The molecule has 0 N–H and O–H groups in total. The summed E-state index contributed by atoms with van der Waals surface area (Å²) in [4.78, 5) is 17.2. The van der Waals surface area contributed by atoms with Crippen LogP contribution in [0.5, 0.6) is 11.5 Å². The number of hydrogen-bond donors (Lipinski definition) is 0. The average molecular weight is 469 g/mol. The summed E-state index contributed by atoms with van der Waals surface area (Å²) in [5.41, 5.74) is 0.777. The van der Waals surface area contributed by atoms with Crippen LogP contribution in [0.25, 0.3) is 10.2 Å². The van der Waals surface area contributed by atoms with Crippen molar-refractivity contribution in [3.05, 3.63) is 46.2 Å². The second-order valence-corrected chi connectivity index (χ2v) is 10.00. The van der Waals surface area contributed by atoms with E-state index < -0.39 is 9.84 Å². The molecule has 0 saturated heterocycles. The van der Waals surface area contributed by atoms with E-state index in [4.69, 9.17) is 21.1 Å². The van der Waals surface area contributed by atoms with Gasteiger partial charge in [0.2, 0.25) is 5.91 Å². The number of methoxy groups -OCH3 is 2. The number of halogens is 1. The second kappa shape index (κ2) is 9.20. The van der Waals surface area contributed by atoms with E-state index in [0.717, 1.165) is 10.2 Å². The number of thiazole rings is 1. The Kier molecular flexibility index (Phi) is 6.84. The van der Waals surface area contributed by atoms with Gasteiger partial charge in [0.1, 0.15) is 21.7 Å². The molecule has 1 amide bonds. The maximum absolute atomic E-state index is 12.4. The molecule has 30 heavy (non-hydrogen) atoms. The molecular weight excluding hydrogens is 448 g/mol. The fourth-order valence-corrected chi connectivity index (χ4v) is 5.55. The minimum Gasteiger partial charge on any atom is -0.495 e. The number of carbonyl (C=O) groups is 1. The highest BCUT2D eigenvalue weighted by molar-refractivity contribution is 7.91. The van der Waals surface area contributed by atoms with Crippen molar-refractivity contribution in [2.75, 3.05) is 20.0 Å². The molecule has 7 nitrogen and oxygen atoms in total. The molecule has 0 spiro atoms. The standard InChI is InChI=1S/C20H21ClN2O5S2/c1-23-18-15(27-2)10-11-16(28-3)19(18)29-20(23)22-17(24)5-4-12-30(25,26)14-8-6-13(21)7-9-14/h6-11H,4-5,12H2,1-3H3. The van der Waals surface area contributed by atoms with Gasteiger partial charge in [0.05, 0.1) is 24.9 Å². The molecule has 0 bridgehead atoms. The summed E-state index contributed by atoms with van der Waals surface area (Å²) in [6.45, 7) is 0. The monoisotopic (exact) mass is 468 g/mol. The van der Waals surface area contributed by atoms with Crippen LogP contribution in [-0.2, 0) is 21.7 Å². The van der Waals surface area contributed by atoms with Crippen molar-refractivity contribution in [3.63, 3.8) is 0 Å². The molecule has 0 aliphatic heterocycles. The zero-order valence-electron chi connectivity index (χ0n) is 16.7. The molecule has 1 heterocycles. The van der Waals surface area contributed by atoms with Crippen molar-refractivity contribution in [1.29, 1.82) is 0 Å². The first-order chi connectivity index (χ1) is 14.3. The third-order valence-corrected chi connectivity index (χ3v) is 7.73. The zero-order chi connectivity index (χ0) is 21.9. The number of fused-ring (bicyclic) bond motifs is 1. The first kappa shape index (κ1) is 22.3. The number of aryl methyl sites for hydroxylation is 1. The molecule has 0 saturated carbocycles. The lowest BCUT2D eigenvalue weighted by Crippen LogP contribution is -2.14. The highest BCUT2D eigenvalue weighted by Crippen LogP contribution is 2.34. The Hall–Kier alpha value is -2.36. The van der Waals surface area contributed by atoms with Gasteiger partial charge < -0.3 is 14.0 Å². The third-order valence-electron chi connectivity index (χ3n) is 4.51. The number of aromatic nitrogens is 1. The first-order valence-corrected chi connectivity index (χ1v) is 11.9. The van der Waals surface area contributed by atoms with E-state index in [9.17, 15) is 13.2 Å². The molecule has 10 heteroatoms. The van der Waals surface area contributed by atoms with Crippen LogP contribution in [0.1, 0.15) is 12.8 Å². The normalized spacial score (nSPS) is 12.3. The highest BCUT2D eigenvalue weighted by Gasteiger charge is 2.16. The Balaban J connectivity index is 1.77. The lowest BCUT2D eigenvalue weighted by molar-refractivity contribution is -0.118. The number of rotatable bonds is 7. The summed E-state index contributed by atoms with van der Waals surface area (Å²) in [5.74, 6) is 0.777. The molecule has 0 unspecified atom stereocenters. The Labute approximate surface area is 183 Å². The van der Waals surface area contributed by atoms with Crippen LogP contribution in [0, 0.1) is 0 Å². The molecule has 0 atom stereocenters. The molecule has 2 aromatic carbocycles. The van der Waals surface area contributed by atoms with Gasteiger partial charge in [0.15, 0.2) is 14.6 Å². The molecule has 1 aromatic heterocycles. The summed E-state index contributed by atoms with van der Waals surface area (Å²) in [7, 11) is 1.45. The molecule has 3 rings (SSSR count). The topological polar surface area (TPSA) is 87.0 Å². The van der Waals surface area contributed by atoms with E-state index in [1.807, 2.05) is 0 Å². The fourth-order valence-electron chi connectivity index (χ4n) is 2.97. The minimum absolute atomic E-state index is 0.0231. The van der Waals surface area contributed by atoms with Crippen LogP contribution in [-0.4, -0.2) is 38.9 Å². The third kappa shape index (κ3) is 4.69. The fraction of sp³-hybridized carbons (Fsp3) is 0.300. The first-order valence-electron chi connectivity index (χ1n) is 9.03. The predicted molar refractivity (Wildman–Crippen MR) is 117 cm³/mol. The van der Waals surface area contributed by atoms with Gasteiger partial charge in [-0.2, -0.15) is 4.99 Å². The molecule has 0 aliphatic carbocycles. The van der Waals surface area contributed by atoms with Crippen molar-refractivity contribution in [2.24, 2.45) is 12.0 Å². The Morgan fingerprint density at radius 2 is 1.73 bits per heavy atom. The van der Waals surface area contributed by atoms with Crippen molar-refractivity contribution in [3.8, 4) is 11.5 Å². The maximum Gasteiger partial charge on any atom is 0.248 e. The molecule has 0 radical (unpaired) electrons. The van der Waals surface area contributed by atoms with Crippen LogP contribution in [0.2, 0.25) is 5.02 Å².